The number of hydrogen-bond donors (Lipinski definition) is 1. The van der Waals surface area contributed by atoms with Crippen molar-refractivity contribution in [2.75, 3.05) is 6.26 Å². The lowest BCUT2D eigenvalue weighted by Crippen LogP contribution is -2.29. The van der Waals surface area contributed by atoms with Crippen LogP contribution < -0.4 is 9.46 Å². The molecule has 7 heteroatoms. The van der Waals surface area contributed by atoms with E-state index in [9.17, 15) is 13.2 Å². The zero-order chi connectivity index (χ0) is 15.3. The topological polar surface area (TPSA) is 85.4 Å². The van der Waals surface area contributed by atoms with Gasteiger partial charge in [0.25, 0.3) is 5.91 Å². The molecule has 0 fully saturated rings. The maximum absolute atomic E-state index is 11.9. The van der Waals surface area contributed by atoms with Crippen molar-refractivity contribution in [3.8, 4) is 5.75 Å². The third-order valence-corrected chi connectivity index (χ3v) is 3.11. The van der Waals surface area contributed by atoms with Crippen LogP contribution in [0.3, 0.4) is 0 Å². The first kappa shape index (κ1) is 15.0. The van der Waals surface area contributed by atoms with Gasteiger partial charge in [-0.25, -0.2) is 13.1 Å². The summed E-state index contributed by atoms with van der Waals surface area (Å²) in [6.45, 7) is 0.256. The average Bonchev–Trinajstić information content (AvgIpc) is 2.45. The molecule has 2 aromatic rings. The van der Waals surface area contributed by atoms with Crippen LogP contribution in [0.4, 0.5) is 0 Å². The molecule has 0 aliphatic rings. The molecule has 0 atom stereocenters. The number of aromatic nitrogens is 1. The first-order valence-electron chi connectivity index (χ1n) is 6.08. The maximum atomic E-state index is 11.9. The number of rotatable bonds is 5. The highest BCUT2D eigenvalue weighted by Crippen LogP contribution is 2.19. The zero-order valence-corrected chi connectivity index (χ0v) is 12.1. The van der Waals surface area contributed by atoms with Crippen LogP contribution in [0.25, 0.3) is 0 Å². The van der Waals surface area contributed by atoms with E-state index in [-0.39, 0.29) is 12.2 Å². The molecule has 2 rings (SSSR count). The Labute approximate surface area is 122 Å². The minimum Gasteiger partial charge on any atom is -0.488 e. The number of nitrogens with one attached hydrogen (secondary N) is 1. The Kier molecular flexibility index (Phi) is 4.54. The van der Waals surface area contributed by atoms with E-state index in [0.29, 0.717) is 5.75 Å². The number of pyridine rings is 1. The van der Waals surface area contributed by atoms with E-state index < -0.39 is 15.9 Å². The maximum Gasteiger partial charge on any atom is 0.268 e. The summed E-state index contributed by atoms with van der Waals surface area (Å²) in [6.07, 6.45) is 4.20. The van der Waals surface area contributed by atoms with Gasteiger partial charge in [0.05, 0.1) is 11.8 Å². The summed E-state index contributed by atoms with van der Waals surface area (Å²) >= 11 is 0. The van der Waals surface area contributed by atoms with Gasteiger partial charge in [-0.2, -0.15) is 0 Å². The number of carbonyl (C=O) groups is 1. The Hall–Kier alpha value is -2.41. The lowest BCUT2D eigenvalue weighted by atomic mass is 10.2. The standard InChI is InChI=1S/C14H14N2O4S/c1-21(18,19)16-14(17)12-4-2-3-5-13(12)20-10-11-6-8-15-9-7-11/h2-9H,10H2,1H3,(H,16,17). The Morgan fingerprint density at radius 3 is 2.52 bits per heavy atom. The molecule has 0 bridgehead atoms. The third-order valence-electron chi connectivity index (χ3n) is 2.55. The van der Waals surface area contributed by atoms with Crippen LogP contribution in [0.1, 0.15) is 15.9 Å². The van der Waals surface area contributed by atoms with Crippen LogP contribution in [-0.2, 0) is 16.6 Å². The van der Waals surface area contributed by atoms with Crippen molar-refractivity contribution in [3.05, 3.63) is 59.9 Å². The van der Waals surface area contributed by atoms with E-state index in [4.69, 9.17) is 4.74 Å². The smallest absolute Gasteiger partial charge is 0.268 e. The van der Waals surface area contributed by atoms with E-state index in [1.54, 1.807) is 42.7 Å². The summed E-state index contributed by atoms with van der Waals surface area (Å²) in [7, 11) is -3.62. The fraction of sp³-hybridized carbons (Fsp3) is 0.143. The first-order chi connectivity index (χ1) is 9.96. The average molecular weight is 306 g/mol. The molecule has 0 radical (unpaired) electrons. The molecule has 0 aliphatic carbocycles. The summed E-state index contributed by atoms with van der Waals surface area (Å²) in [6, 6.07) is 10.0. The van der Waals surface area contributed by atoms with Crippen molar-refractivity contribution in [1.82, 2.24) is 9.71 Å². The fourth-order valence-corrected chi connectivity index (χ4v) is 2.09. The minimum atomic E-state index is -3.62. The quantitative estimate of drug-likeness (QED) is 0.901. The van der Waals surface area contributed by atoms with Gasteiger partial charge in [-0.1, -0.05) is 12.1 Å². The molecule has 0 spiro atoms. The Balaban J connectivity index is 2.15. The number of nitrogens with zero attached hydrogens (tertiary/aromatic N) is 1. The van der Waals surface area contributed by atoms with Crippen LogP contribution in [0.2, 0.25) is 0 Å². The number of ether oxygens (including phenoxy) is 1. The van der Waals surface area contributed by atoms with Gasteiger partial charge in [0.1, 0.15) is 12.4 Å². The molecule has 1 heterocycles. The monoisotopic (exact) mass is 306 g/mol. The molecule has 21 heavy (non-hydrogen) atoms. The lowest BCUT2D eigenvalue weighted by molar-refractivity contribution is 0.0977. The van der Waals surface area contributed by atoms with Gasteiger partial charge in [0.15, 0.2) is 0 Å². The summed E-state index contributed by atoms with van der Waals surface area (Å²) in [5, 5.41) is 0. The summed E-state index contributed by atoms with van der Waals surface area (Å²) in [5.41, 5.74) is 1.06. The largest absolute Gasteiger partial charge is 0.488 e. The number of carbonyl (C=O) groups excluding carboxylic acids is 1. The highest BCUT2D eigenvalue weighted by Gasteiger charge is 2.15. The van der Waals surface area contributed by atoms with Crippen molar-refractivity contribution < 1.29 is 17.9 Å². The van der Waals surface area contributed by atoms with Crippen molar-refractivity contribution in [2.24, 2.45) is 0 Å². The fourth-order valence-electron chi connectivity index (χ4n) is 1.64. The molecule has 1 aromatic carbocycles. The molecular weight excluding hydrogens is 292 g/mol. The summed E-state index contributed by atoms with van der Waals surface area (Å²) < 4.78 is 29.7. The zero-order valence-electron chi connectivity index (χ0n) is 11.3. The van der Waals surface area contributed by atoms with Crippen molar-refractivity contribution in [3.63, 3.8) is 0 Å². The molecule has 1 N–H and O–H groups in total. The lowest BCUT2D eigenvalue weighted by Gasteiger charge is -2.11. The molecule has 0 unspecified atom stereocenters. The van der Waals surface area contributed by atoms with E-state index >= 15 is 0 Å². The van der Waals surface area contributed by atoms with Gasteiger partial charge in [-0.15, -0.1) is 0 Å². The predicted molar refractivity (Wildman–Crippen MR) is 77.3 cm³/mol. The molecule has 1 aromatic heterocycles. The second-order valence-electron chi connectivity index (χ2n) is 4.34. The van der Waals surface area contributed by atoms with E-state index in [1.165, 1.54) is 6.07 Å². The summed E-state index contributed by atoms with van der Waals surface area (Å²) in [5.74, 6) is -0.404. The van der Waals surface area contributed by atoms with Gasteiger partial charge in [-0.3, -0.25) is 9.78 Å². The summed E-state index contributed by atoms with van der Waals surface area (Å²) in [4.78, 5) is 15.8. The van der Waals surface area contributed by atoms with Crippen LogP contribution >= 0.6 is 0 Å². The van der Waals surface area contributed by atoms with Crippen LogP contribution in [0, 0.1) is 0 Å². The molecule has 6 nitrogen and oxygen atoms in total. The minimum absolute atomic E-state index is 0.164. The van der Waals surface area contributed by atoms with Crippen LogP contribution in [0.5, 0.6) is 5.75 Å². The molecule has 1 amide bonds. The highest BCUT2D eigenvalue weighted by atomic mass is 32.2. The van der Waals surface area contributed by atoms with Crippen molar-refractivity contribution in [2.45, 2.75) is 6.61 Å². The number of para-hydroxylation sites is 1. The van der Waals surface area contributed by atoms with Gasteiger partial charge in [0.2, 0.25) is 10.0 Å². The normalized spacial score (nSPS) is 10.9. The van der Waals surface area contributed by atoms with Gasteiger partial charge in [-0.05, 0) is 29.8 Å². The Bertz CT molecular complexity index is 730. The number of sulfonamides is 1. The molecular formula is C14H14N2O4S. The molecule has 0 saturated carbocycles. The van der Waals surface area contributed by atoms with Crippen LogP contribution in [-0.4, -0.2) is 25.6 Å². The SMILES string of the molecule is CS(=O)(=O)NC(=O)c1ccccc1OCc1ccncc1. The second kappa shape index (κ2) is 6.36. The predicted octanol–water partition coefficient (Wildman–Crippen LogP) is 1.35. The van der Waals surface area contributed by atoms with Crippen molar-refractivity contribution in [1.29, 1.82) is 0 Å². The Morgan fingerprint density at radius 2 is 1.86 bits per heavy atom. The van der Waals surface area contributed by atoms with Crippen LogP contribution in [0.15, 0.2) is 48.8 Å². The first-order valence-corrected chi connectivity index (χ1v) is 7.98. The number of hydrogen-bond acceptors (Lipinski definition) is 5. The number of benzene rings is 1. The molecule has 110 valence electrons. The molecule has 0 aliphatic heterocycles. The Morgan fingerprint density at radius 1 is 1.19 bits per heavy atom. The third kappa shape index (κ3) is 4.57. The van der Waals surface area contributed by atoms with Gasteiger partial charge >= 0.3 is 0 Å². The number of amides is 1. The van der Waals surface area contributed by atoms with Gasteiger partial charge < -0.3 is 4.74 Å². The van der Waals surface area contributed by atoms with Crippen molar-refractivity contribution >= 4 is 15.9 Å². The van der Waals surface area contributed by atoms with E-state index in [0.717, 1.165) is 11.8 Å². The molecule has 0 saturated heterocycles. The second-order valence-corrected chi connectivity index (χ2v) is 6.09. The van der Waals surface area contributed by atoms with E-state index in [1.807, 2.05) is 4.72 Å². The van der Waals surface area contributed by atoms with Gasteiger partial charge in [0, 0.05) is 12.4 Å². The highest BCUT2D eigenvalue weighted by molar-refractivity contribution is 7.89. The van der Waals surface area contributed by atoms with E-state index in [2.05, 4.69) is 4.98 Å².